The van der Waals surface area contributed by atoms with Gasteiger partial charge in [-0.3, -0.25) is 4.79 Å². The maximum absolute atomic E-state index is 12.9. The van der Waals surface area contributed by atoms with Gasteiger partial charge in [-0.05, 0) is 48.9 Å². The van der Waals surface area contributed by atoms with Crippen molar-refractivity contribution in [1.29, 1.82) is 0 Å². The second-order valence-corrected chi connectivity index (χ2v) is 7.48. The fraction of sp³-hybridized carbons (Fsp3) is 0.217. The van der Waals surface area contributed by atoms with Crippen LogP contribution in [-0.2, 0) is 13.2 Å². The average Bonchev–Trinajstić information content (AvgIpc) is 3.19. The highest BCUT2D eigenvalue weighted by atomic mass is 32.1. The molecule has 0 atom stereocenters. The summed E-state index contributed by atoms with van der Waals surface area (Å²) >= 11 is 1.53. The lowest BCUT2D eigenvalue weighted by Gasteiger charge is -2.20. The largest absolute Gasteiger partial charge is 0.497 e. The molecule has 1 amide bonds. The molecule has 0 saturated carbocycles. The number of hydrogen-bond acceptors (Lipinski definition) is 5. The van der Waals surface area contributed by atoms with Crippen LogP contribution in [0.4, 0.5) is 0 Å². The van der Waals surface area contributed by atoms with E-state index in [9.17, 15) is 4.79 Å². The molecule has 0 N–H and O–H groups in total. The third-order valence-corrected chi connectivity index (χ3v) is 5.15. The molecule has 29 heavy (non-hydrogen) atoms. The molecule has 0 aliphatic heterocycles. The minimum atomic E-state index is -0.0712. The van der Waals surface area contributed by atoms with E-state index in [0.29, 0.717) is 25.3 Å². The van der Waals surface area contributed by atoms with Crippen LogP contribution in [0, 0.1) is 6.92 Å². The predicted molar refractivity (Wildman–Crippen MR) is 116 cm³/mol. The number of carbonyl (C=O) groups excluding carboxylic acids is 1. The van der Waals surface area contributed by atoms with Crippen LogP contribution < -0.4 is 9.47 Å². The van der Waals surface area contributed by atoms with Crippen LogP contribution in [0.3, 0.4) is 0 Å². The summed E-state index contributed by atoms with van der Waals surface area (Å²) in [6, 6.07) is 15.0. The smallest absolute Gasteiger partial charge is 0.254 e. The van der Waals surface area contributed by atoms with Gasteiger partial charge < -0.3 is 14.4 Å². The van der Waals surface area contributed by atoms with Crippen LogP contribution >= 0.6 is 11.3 Å². The lowest BCUT2D eigenvalue weighted by molar-refractivity contribution is 0.0761. The van der Waals surface area contributed by atoms with Crippen LogP contribution in [0.25, 0.3) is 0 Å². The highest BCUT2D eigenvalue weighted by Gasteiger charge is 2.17. The van der Waals surface area contributed by atoms with Crippen LogP contribution in [0.2, 0.25) is 0 Å². The summed E-state index contributed by atoms with van der Waals surface area (Å²) in [7, 11) is 1.60. The van der Waals surface area contributed by atoms with Gasteiger partial charge in [0.1, 0.15) is 23.1 Å². The number of nitrogens with zero attached hydrogens (tertiary/aromatic N) is 2. The first-order valence-electron chi connectivity index (χ1n) is 9.26. The van der Waals surface area contributed by atoms with Crippen molar-refractivity contribution < 1.29 is 14.3 Å². The minimum Gasteiger partial charge on any atom is -0.497 e. The number of aryl methyl sites for hydroxylation is 1. The van der Waals surface area contributed by atoms with E-state index in [4.69, 9.17) is 9.47 Å². The zero-order valence-corrected chi connectivity index (χ0v) is 17.4. The van der Waals surface area contributed by atoms with E-state index >= 15 is 0 Å². The van der Waals surface area contributed by atoms with Crippen LogP contribution in [0.5, 0.6) is 11.5 Å². The van der Waals surface area contributed by atoms with Gasteiger partial charge in [0.05, 0.1) is 19.3 Å². The number of methoxy groups -OCH3 is 1. The van der Waals surface area contributed by atoms with Gasteiger partial charge >= 0.3 is 0 Å². The van der Waals surface area contributed by atoms with Crippen molar-refractivity contribution in [1.82, 2.24) is 9.88 Å². The van der Waals surface area contributed by atoms with Gasteiger partial charge in [0.25, 0.3) is 5.91 Å². The molecule has 6 heteroatoms. The second kappa shape index (κ2) is 9.89. The number of carbonyl (C=O) groups is 1. The van der Waals surface area contributed by atoms with Gasteiger partial charge in [-0.25, -0.2) is 4.98 Å². The molecule has 0 aliphatic carbocycles. The molecule has 0 bridgehead atoms. The topological polar surface area (TPSA) is 51.7 Å². The highest BCUT2D eigenvalue weighted by Crippen LogP contribution is 2.19. The third kappa shape index (κ3) is 5.68. The van der Waals surface area contributed by atoms with Gasteiger partial charge in [0.15, 0.2) is 0 Å². The molecule has 3 aromatic rings. The number of ether oxygens (including phenoxy) is 2. The van der Waals surface area contributed by atoms with E-state index in [-0.39, 0.29) is 5.91 Å². The molecule has 5 nitrogen and oxygen atoms in total. The first-order chi connectivity index (χ1) is 14.1. The normalized spacial score (nSPS) is 10.4. The van der Waals surface area contributed by atoms with Crippen molar-refractivity contribution in [3.63, 3.8) is 0 Å². The Balaban J connectivity index is 1.64. The monoisotopic (exact) mass is 408 g/mol. The van der Waals surface area contributed by atoms with Gasteiger partial charge in [-0.1, -0.05) is 18.2 Å². The molecular weight excluding hydrogens is 384 g/mol. The third-order valence-electron chi connectivity index (χ3n) is 4.28. The number of aromatic nitrogens is 1. The van der Waals surface area contributed by atoms with E-state index in [1.54, 1.807) is 42.4 Å². The number of hydrogen-bond donors (Lipinski definition) is 0. The summed E-state index contributed by atoms with van der Waals surface area (Å²) in [6.07, 6.45) is 1.72. The van der Waals surface area contributed by atoms with Crippen molar-refractivity contribution in [2.75, 3.05) is 13.7 Å². The lowest BCUT2D eigenvalue weighted by atomic mass is 10.2. The molecule has 0 unspecified atom stereocenters. The van der Waals surface area contributed by atoms with E-state index in [1.165, 1.54) is 11.3 Å². The van der Waals surface area contributed by atoms with Gasteiger partial charge in [-0.2, -0.15) is 0 Å². The SMILES string of the molecule is C=CCN(Cc1csc(COc2cccc(C)c2)n1)C(=O)c1ccc(OC)cc1. The van der Waals surface area contributed by atoms with E-state index < -0.39 is 0 Å². The second-order valence-electron chi connectivity index (χ2n) is 6.54. The molecule has 1 heterocycles. The molecule has 0 radical (unpaired) electrons. The fourth-order valence-electron chi connectivity index (χ4n) is 2.82. The molecule has 2 aromatic carbocycles. The Morgan fingerprint density at radius 3 is 2.69 bits per heavy atom. The predicted octanol–water partition coefficient (Wildman–Crippen LogP) is 4.87. The standard InChI is InChI=1S/C23H24N2O3S/c1-4-12-25(23(26)18-8-10-20(27-3)11-9-18)14-19-16-29-22(24-19)15-28-21-7-5-6-17(2)13-21/h4-11,13,16H,1,12,14-15H2,2-3H3. The van der Waals surface area contributed by atoms with Crippen molar-refractivity contribution in [2.45, 2.75) is 20.1 Å². The molecule has 150 valence electrons. The van der Waals surface area contributed by atoms with E-state index in [1.807, 2.05) is 36.6 Å². The van der Waals surface area contributed by atoms with Crippen LogP contribution in [0.1, 0.15) is 26.6 Å². The first-order valence-corrected chi connectivity index (χ1v) is 10.1. The Labute approximate surface area is 175 Å². The van der Waals surface area contributed by atoms with Crippen molar-refractivity contribution >= 4 is 17.2 Å². The van der Waals surface area contributed by atoms with Crippen molar-refractivity contribution in [3.05, 3.63) is 88.4 Å². The summed E-state index contributed by atoms with van der Waals surface area (Å²) < 4.78 is 11.0. The summed E-state index contributed by atoms with van der Waals surface area (Å²) in [6.45, 7) is 7.06. The van der Waals surface area contributed by atoms with Crippen molar-refractivity contribution in [2.24, 2.45) is 0 Å². The van der Waals surface area contributed by atoms with Gasteiger partial charge in [0.2, 0.25) is 0 Å². The number of thiazole rings is 1. The summed E-state index contributed by atoms with van der Waals surface area (Å²) in [5, 5.41) is 2.84. The van der Waals surface area contributed by atoms with Gasteiger partial charge in [0, 0.05) is 17.5 Å². The number of rotatable bonds is 9. The van der Waals surface area contributed by atoms with Crippen molar-refractivity contribution in [3.8, 4) is 11.5 Å². The molecule has 3 rings (SSSR count). The molecule has 0 aliphatic rings. The molecule has 1 aromatic heterocycles. The molecule has 0 saturated heterocycles. The number of benzene rings is 2. The Morgan fingerprint density at radius 1 is 1.21 bits per heavy atom. The Morgan fingerprint density at radius 2 is 2.00 bits per heavy atom. The maximum Gasteiger partial charge on any atom is 0.254 e. The van der Waals surface area contributed by atoms with Gasteiger partial charge in [-0.15, -0.1) is 17.9 Å². The lowest BCUT2D eigenvalue weighted by Crippen LogP contribution is -2.30. The Kier molecular flexibility index (Phi) is 7.03. The zero-order valence-electron chi connectivity index (χ0n) is 16.6. The number of amides is 1. The molecular formula is C23H24N2O3S. The zero-order chi connectivity index (χ0) is 20.6. The highest BCUT2D eigenvalue weighted by molar-refractivity contribution is 7.09. The summed E-state index contributed by atoms with van der Waals surface area (Å²) in [5.41, 5.74) is 2.59. The van der Waals surface area contributed by atoms with Crippen LogP contribution in [-0.4, -0.2) is 29.4 Å². The fourth-order valence-corrected chi connectivity index (χ4v) is 3.52. The maximum atomic E-state index is 12.9. The molecule has 0 spiro atoms. The van der Waals surface area contributed by atoms with E-state index in [2.05, 4.69) is 11.6 Å². The summed E-state index contributed by atoms with van der Waals surface area (Å²) in [5.74, 6) is 1.47. The average molecular weight is 409 g/mol. The first kappa shape index (κ1) is 20.6. The molecule has 0 fully saturated rings. The van der Waals surface area contributed by atoms with E-state index in [0.717, 1.165) is 27.8 Å². The Bertz CT molecular complexity index is 966. The van der Waals surface area contributed by atoms with Crippen LogP contribution in [0.15, 0.2) is 66.6 Å². The minimum absolute atomic E-state index is 0.0712. The quantitative estimate of drug-likeness (QED) is 0.474. The Hall–Kier alpha value is -3.12. The summed E-state index contributed by atoms with van der Waals surface area (Å²) in [4.78, 5) is 19.2.